The number of urea groups is 1. The van der Waals surface area contributed by atoms with Gasteiger partial charge in [-0.25, -0.2) is 14.6 Å². The number of β-amino-alcohol motifs (C(OH)–C–C–N with tert-alkyl or cyclic N) is 1. The number of aliphatic hydroxyl groups is 1. The van der Waals surface area contributed by atoms with Gasteiger partial charge in [0.25, 0.3) is 0 Å². The van der Waals surface area contributed by atoms with Gasteiger partial charge in [-0.1, -0.05) is 0 Å². The molecule has 3 rings (SSSR count). The Morgan fingerprint density at radius 3 is 2.85 bits per heavy atom. The maximum atomic E-state index is 12.1. The second-order valence-corrected chi connectivity index (χ2v) is 6.04. The molecule has 0 radical (unpaired) electrons. The van der Waals surface area contributed by atoms with Gasteiger partial charge in [-0.3, -0.25) is 5.32 Å². The molecule has 108 valence electrons. The maximum absolute atomic E-state index is 12.1. The minimum atomic E-state index is -1.10. The number of nitrogens with zero attached hydrogens (tertiary/aromatic N) is 2. The van der Waals surface area contributed by atoms with Gasteiger partial charge in [0.05, 0.1) is 11.8 Å². The number of aromatic nitrogens is 1. The van der Waals surface area contributed by atoms with Crippen LogP contribution < -0.4 is 5.32 Å². The van der Waals surface area contributed by atoms with Crippen molar-refractivity contribution in [3.8, 4) is 0 Å². The SMILES string of the molecule is O=C(O)[C@@H]1C[C@@H](O)CN1C(=O)Nc1nc(C2CC2)cs1. The van der Waals surface area contributed by atoms with Gasteiger partial charge in [0.15, 0.2) is 5.13 Å². The summed E-state index contributed by atoms with van der Waals surface area (Å²) in [6, 6.07) is -1.50. The van der Waals surface area contributed by atoms with Crippen molar-refractivity contribution in [3.63, 3.8) is 0 Å². The number of likely N-dealkylation sites (tertiary alicyclic amines) is 1. The van der Waals surface area contributed by atoms with Crippen molar-refractivity contribution >= 4 is 28.5 Å². The lowest BCUT2D eigenvalue weighted by atomic mass is 10.2. The number of thiazole rings is 1. The van der Waals surface area contributed by atoms with E-state index in [2.05, 4.69) is 10.3 Å². The molecular weight excluding hydrogens is 282 g/mol. The van der Waals surface area contributed by atoms with Crippen LogP contribution in [0.25, 0.3) is 0 Å². The number of carbonyl (C=O) groups excluding carboxylic acids is 1. The molecule has 7 nitrogen and oxygen atoms in total. The second-order valence-electron chi connectivity index (χ2n) is 5.18. The molecule has 1 aromatic rings. The van der Waals surface area contributed by atoms with Crippen LogP contribution in [-0.2, 0) is 4.79 Å². The zero-order valence-electron chi connectivity index (χ0n) is 10.7. The average molecular weight is 297 g/mol. The average Bonchev–Trinajstić information content (AvgIpc) is 3.01. The number of hydrogen-bond donors (Lipinski definition) is 3. The molecule has 1 saturated carbocycles. The number of carbonyl (C=O) groups is 2. The lowest BCUT2D eigenvalue weighted by Gasteiger charge is -2.20. The van der Waals surface area contributed by atoms with Crippen LogP contribution in [0.4, 0.5) is 9.93 Å². The summed E-state index contributed by atoms with van der Waals surface area (Å²) in [6.45, 7) is 0.0314. The summed E-state index contributed by atoms with van der Waals surface area (Å²) >= 11 is 1.34. The Labute approximate surface area is 119 Å². The van der Waals surface area contributed by atoms with E-state index in [0.29, 0.717) is 11.0 Å². The lowest BCUT2D eigenvalue weighted by molar-refractivity contribution is -0.141. The number of aliphatic hydroxyl groups excluding tert-OH is 1. The number of hydrogen-bond acceptors (Lipinski definition) is 5. The summed E-state index contributed by atoms with van der Waals surface area (Å²) < 4.78 is 0. The highest BCUT2D eigenvalue weighted by Gasteiger charge is 2.39. The minimum absolute atomic E-state index is 0.0314. The third-order valence-electron chi connectivity index (χ3n) is 3.56. The zero-order chi connectivity index (χ0) is 14.3. The fourth-order valence-corrected chi connectivity index (χ4v) is 3.13. The van der Waals surface area contributed by atoms with E-state index in [-0.39, 0.29) is 13.0 Å². The van der Waals surface area contributed by atoms with Crippen molar-refractivity contribution in [1.82, 2.24) is 9.88 Å². The largest absolute Gasteiger partial charge is 0.480 e. The Balaban J connectivity index is 1.66. The summed E-state index contributed by atoms with van der Waals surface area (Å²) in [5.74, 6) is -0.591. The van der Waals surface area contributed by atoms with Gasteiger partial charge in [-0.2, -0.15) is 0 Å². The number of aliphatic carboxylic acids is 1. The smallest absolute Gasteiger partial charge is 0.326 e. The molecule has 20 heavy (non-hydrogen) atoms. The summed E-state index contributed by atoms with van der Waals surface area (Å²) in [7, 11) is 0. The Bertz CT molecular complexity index is 543. The molecule has 2 atom stereocenters. The van der Waals surface area contributed by atoms with E-state index >= 15 is 0 Å². The molecule has 0 unspecified atom stereocenters. The molecule has 2 amide bonds. The Morgan fingerprint density at radius 1 is 1.45 bits per heavy atom. The molecule has 0 aromatic carbocycles. The molecule has 2 heterocycles. The van der Waals surface area contributed by atoms with E-state index < -0.39 is 24.1 Å². The second kappa shape index (κ2) is 5.02. The molecule has 1 aliphatic carbocycles. The van der Waals surface area contributed by atoms with Crippen LogP contribution in [0.1, 0.15) is 30.9 Å². The van der Waals surface area contributed by atoms with Gasteiger partial charge in [-0.15, -0.1) is 11.3 Å². The number of anilines is 1. The van der Waals surface area contributed by atoms with E-state index in [4.69, 9.17) is 5.11 Å². The fraction of sp³-hybridized carbons (Fsp3) is 0.583. The molecule has 8 heteroatoms. The van der Waals surface area contributed by atoms with Crippen LogP contribution in [0.3, 0.4) is 0 Å². The Morgan fingerprint density at radius 2 is 2.20 bits per heavy atom. The lowest BCUT2D eigenvalue weighted by Crippen LogP contribution is -2.43. The fourth-order valence-electron chi connectivity index (χ4n) is 2.35. The van der Waals surface area contributed by atoms with Gasteiger partial charge in [0, 0.05) is 24.3 Å². The summed E-state index contributed by atoms with van der Waals surface area (Å²) in [5.41, 5.74) is 0.988. The van der Waals surface area contributed by atoms with E-state index in [1.165, 1.54) is 11.3 Å². The summed E-state index contributed by atoms with van der Waals surface area (Å²) in [4.78, 5) is 28.6. The van der Waals surface area contributed by atoms with Crippen molar-refractivity contribution in [2.24, 2.45) is 0 Å². The van der Waals surface area contributed by atoms with Crippen LogP contribution >= 0.6 is 11.3 Å². The molecule has 2 aliphatic rings. The number of carboxylic acid groups (broad SMARTS) is 1. The third kappa shape index (κ3) is 2.61. The van der Waals surface area contributed by atoms with Gasteiger partial charge < -0.3 is 15.1 Å². The van der Waals surface area contributed by atoms with Crippen molar-refractivity contribution in [1.29, 1.82) is 0 Å². The maximum Gasteiger partial charge on any atom is 0.326 e. The normalized spacial score (nSPS) is 25.8. The van der Waals surface area contributed by atoms with Gasteiger partial charge in [-0.05, 0) is 12.8 Å². The standard InChI is InChI=1S/C12H15N3O4S/c16-7-3-9(10(17)18)15(4-7)12(19)14-11-13-8(5-20-11)6-1-2-6/h5-7,9,16H,1-4H2,(H,17,18)(H,13,14,19)/t7-,9+/m1/s1. The van der Waals surface area contributed by atoms with Crippen molar-refractivity contribution in [2.45, 2.75) is 37.3 Å². The zero-order valence-corrected chi connectivity index (χ0v) is 11.5. The van der Waals surface area contributed by atoms with E-state index in [1.807, 2.05) is 5.38 Å². The number of nitrogens with one attached hydrogen (secondary N) is 1. The first-order valence-electron chi connectivity index (χ1n) is 6.48. The quantitative estimate of drug-likeness (QED) is 0.774. The van der Waals surface area contributed by atoms with E-state index in [1.54, 1.807) is 0 Å². The predicted octanol–water partition coefficient (Wildman–Crippen LogP) is 1.07. The first-order valence-corrected chi connectivity index (χ1v) is 7.36. The molecule has 1 aliphatic heterocycles. The van der Waals surface area contributed by atoms with Gasteiger partial charge >= 0.3 is 12.0 Å². The van der Waals surface area contributed by atoms with Crippen molar-refractivity contribution < 1.29 is 19.8 Å². The minimum Gasteiger partial charge on any atom is -0.480 e. The molecule has 0 spiro atoms. The van der Waals surface area contributed by atoms with Crippen LogP contribution in [0.2, 0.25) is 0 Å². The third-order valence-corrected chi connectivity index (χ3v) is 4.33. The number of amides is 2. The first-order chi connectivity index (χ1) is 9.54. The van der Waals surface area contributed by atoms with Gasteiger partial charge in [0.1, 0.15) is 6.04 Å². The van der Waals surface area contributed by atoms with Crippen LogP contribution in [0.5, 0.6) is 0 Å². The van der Waals surface area contributed by atoms with E-state index in [9.17, 15) is 14.7 Å². The molecule has 2 fully saturated rings. The highest BCUT2D eigenvalue weighted by Crippen LogP contribution is 2.40. The van der Waals surface area contributed by atoms with Crippen LogP contribution in [0.15, 0.2) is 5.38 Å². The predicted molar refractivity (Wildman–Crippen MR) is 71.9 cm³/mol. The number of rotatable bonds is 3. The monoisotopic (exact) mass is 297 g/mol. The molecule has 3 N–H and O–H groups in total. The molecular formula is C12H15N3O4S. The van der Waals surface area contributed by atoms with Crippen molar-refractivity contribution in [3.05, 3.63) is 11.1 Å². The molecule has 1 aromatic heterocycles. The topological polar surface area (TPSA) is 103 Å². The highest BCUT2D eigenvalue weighted by atomic mass is 32.1. The van der Waals surface area contributed by atoms with Crippen LogP contribution in [-0.4, -0.2) is 50.8 Å². The van der Waals surface area contributed by atoms with Crippen LogP contribution in [0, 0.1) is 0 Å². The highest BCUT2D eigenvalue weighted by molar-refractivity contribution is 7.13. The summed E-state index contributed by atoms with van der Waals surface area (Å²) in [5, 5.41) is 23.6. The summed E-state index contributed by atoms with van der Waals surface area (Å²) in [6.07, 6.45) is 1.54. The Kier molecular flexibility index (Phi) is 3.35. The molecule has 0 bridgehead atoms. The Hall–Kier alpha value is -1.67. The number of carboxylic acids is 1. The molecule has 1 saturated heterocycles. The first kappa shape index (κ1) is 13.3. The van der Waals surface area contributed by atoms with Gasteiger partial charge in [0.2, 0.25) is 0 Å². The van der Waals surface area contributed by atoms with Crippen molar-refractivity contribution in [2.75, 3.05) is 11.9 Å². The van der Waals surface area contributed by atoms with E-state index in [0.717, 1.165) is 23.4 Å².